The standard InChI is InChI=1S/C14H24N4O/c1-2-17-6-3-12(10-17)9-16-13-4-7-18(8-5-13)11-14(15)19/h3,6,10,13,16H,2,4-5,7-9,11H2,1H3,(H2,15,19). The Hall–Kier alpha value is -1.33. The Morgan fingerprint density at radius 2 is 2.21 bits per heavy atom. The first-order valence-electron chi connectivity index (χ1n) is 7.06. The van der Waals surface area contributed by atoms with Crippen molar-refractivity contribution in [3.05, 3.63) is 24.0 Å². The van der Waals surface area contributed by atoms with Gasteiger partial charge in [-0.15, -0.1) is 0 Å². The van der Waals surface area contributed by atoms with Crippen LogP contribution in [0.5, 0.6) is 0 Å². The monoisotopic (exact) mass is 264 g/mol. The van der Waals surface area contributed by atoms with Crippen LogP contribution >= 0.6 is 0 Å². The van der Waals surface area contributed by atoms with E-state index in [1.807, 2.05) is 0 Å². The topological polar surface area (TPSA) is 63.3 Å². The molecule has 1 fully saturated rings. The first-order chi connectivity index (χ1) is 9.17. The van der Waals surface area contributed by atoms with E-state index in [0.29, 0.717) is 12.6 Å². The number of hydrogen-bond acceptors (Lipinski definition) is 3. The van der Waals surface area contributed by atoms with Gasteiger partial charge in [0.1, 0.15) is 0 Å². The molecule has 0 atom stereocenters. The summed E-state index contributed by atoms with van der Waals surface area (Å²) in [6.45, 7) is 6.39. The van der Waals surface area contributed by atoms with Crippen LogP contribution in [-0.2, 0) is 17.9 Å². The number of aryl methyl sites for hydroxylation is 1. The van der Waals surface area contributed by atoms with Gasteiger partial charge in [-0.3, -0.25) is 9.69 Å². The quantitative estimate of drug-likeness (QED) is 0.788. The van der Waals surface area contributed by atoms with Crippen LogP contribution in [0.2, 0.25) is 0 Å². The highest BCUT2D eigenvalue weighted by atomic mass is 16.1. The summed E-state index contributed by atoms with van der Waals surface area (Å²) in [6, 6.07) is 2.72. The summed E-state index contributed by atoms with van der Waals surface area (Å²) >= 11 is 0. The van der Waals surface area contributed by atoms with E-state index in [1.54, 1.807) is 0 Å². The number of rotatable bonds is 6. The van der Waals surface area contributed by atoms with Gasteiger partial charge in [0.15, 0.2) is 0 Å². The minimum Gasteiger partial charge on any atom is -0.369 e. The van der Waals surface area contributed by atoms with E-state index < -0.39 is 0 Å². The van der Waals surface area contributed by atoms with E-state index in [0.717, 1.165) is 39.0 Å². The van der Waals surface area contributed by atoms with Crippen LogP contribution in [0.1, 0.15) is 25.3 Å². The molecule has 3 N–H and O–H groups in total. The van der Waals surface area contributed by atoms with Gasteiger partial charge in [-0.2, -0.15) is 0 Å². The molecule has 0 aromatic carbocycles. The summed E-state index contributed by atoms with van der Waals surface area (Å²) in [5.74, 6) is -0.229. The lowest BCUT2D eigenvalue weighted by Gasteiger charge is -2.31. The molecule has 1 aromatic heterocycles. The first kappa shape index (κ1) is 14.1. The summed E-state index contributed by atoms with van der Waals surface area (Å²) in [4.78, 5) is 13.0. The van der Waals surface area contributed by atoms with Crippen LogP contribution in [0.15, 0.2) is 18.5 Å². The second-order valence-electron chi connectivity index (χ2n) is 5.25. The van der Waals surface area contributed by atoms with Crippen LogP contribution in [0.3, 0.4) is 0 Å². The van der Waals surface area contributed by atoms with Crippen molar-refractivity contribution in [1.82, 2.24) is 14.8 Å². The summed E-state index contributed by atoms with van der Waals surface area (Å²) in [5, 5.41) is 3.59. The molecular weight excluding hydrogens is 240 g/mol. The van der Waals surface area contributed by atoms with Gasteiger partial charge >= 0.3 is 0 Å². The minimum absolute atomic E-state index is 0.229. The van der Waals surface area contributed by atoms with E-state index >= 15 is 0 Å². The molecule has 1 aliphatic heterocycles. The average molecular weight is 264 g/mol. The molecule has 1 aliphatic rings. The molecular formula is C14H24N4O. The van der Waals surface area contributed by atoms with Crippen LogP contribution < -0.4 is 11.1 Å². The maximum absolute atomic E-state index is 10.9. The normalized spacial score (nSPS) is 17.7. The van der Waals surface area contributed by atoms with Crippen LogP contribution in [0, 0.1) is 0 Å². The molecule has 19 heavy (non-hydrogen) atoms. The number of nitrogens with two attached hydrogens (primary N) is 1. The highest BCUT2D eigenvalue weighted by Gasteiger charge is 2.19. The van der Waals surface area contributed by atoms with Crippen molar-refractivity contribution >= 4 is 5.91 Å². The Morgan fingerprint density at radius 1 is 1.47 bits per heavy atom. The highest BCUT2D eigenvalue weighted by Crippen LogP contribution is 2.11. The number of primary amides is 1. The summed E-state index contributed by atoms with van der Waals surface area (Å²) in [6.07, 6.45) is 6.48. The molecule has 0 spiro atoms. The Kier molecular flexibility index (Phi) is 4.99. The van der Waals surface area contributed by atoms with Crippen molar-refractivity contribution in [2.24, 2.45) is 5.73 Å². The second kappa shape index (κ2) is 6.73. The predicted molar refractivity (Wildman–Crippen MR) is 75.6 cm³/mol. The third kappa shape index (κ3) is 4.36. The molecule has 1 saturated heterocycles. The van der Waals surface area contributed by atoms with Crippen molar-refractivity contribution in [1.29, 1.82) is 0 Å². The average Bonchev–Trinajstić information content (AvgIpc) is 2.85. The molecule has 0 aliphatic carbocycles. The molecule has 1 aromatic rings. The van der Waals surface area contributed by atoms with Crippen molar-refractivity contribution in [3.63, 3.8) is 0 Å². The molecule has 1 amide bonds. The van der Waals surface area contributed by atoms with Gasteiger partial charge in [0.2, 0.25) is 5.91 Å². The molecule has 5 nitrogen and oxygen atoms in total. The summed E-state index contributed by atoms with van der Waals surface area (Å²) in [5.41, 5.74) is 6.54. The molecule has 0 unspecified atom stereocenters. The molecule has 0 saturated carbocycles. The lowest BCUT2D eigenvalue weighted by Crippen LogP contribution is -2.45. The summed E-state index contributed by atoms with van der Waals surface area (Å²) < 4.78 is 2.19. The van der Waals surface area contributed by atoms with Gasteiger partial charge in [0.05, 0.1) is 6.54 Å². The van der Waals surface area contributed by atoms with Crippen molar-refractivity contribution in [2.75, 3.05) is 19.6 Å². The van der Waals surface area contributed by atoms with E-state index in [4.69, 9.17) is 5.73 Å². The molecule has 2 heterocycles. The number of carbonyl (C=O) groups excluding carboxylic acids is 1. The van der Waals surface area contributed by atoms with E-state index in [1.165, 1.54) is 5.56 Å². The maximum atomic E-state index is 10.9. The Labute approximate surface area is 114 Å². The third-order valence-electron chi connectivity index (χ3n) is 3.74. The fraction of sp³-hybridized carbons (Fsp3) is 0.643. The smallest absolute Gasteiger partial charge is 0.231 e. The number of amides is 1. The van der Waals surface area contributed by atoms with Gasteiger partial charge < -0.3 is 15.6 Å². The number of hydrogen-bond donors (Lipinski definition) is 2. The zero-order chi connectivity index (χ0) is 13.7. The van der Waals surface area contributed by atoms with Crippen molar-refractivity contribution < 1.29 is 4.79 Å². The van der Waals surface area contributed by atoms with Gasteiger partial charge in [-0.1, -0.05) is 0 Å². The van der Waals surface area contributed by atoms with Crippen LogP contribution in [-0.4, -0.2) is 41.1 Å². The van der Waals surface area contributed by atoms with Crippen molar-refractivity contribution in [2.45, 2.75) is 38.9 Å². The Balaban J connectivity index is 1.69. The number of piperidine rings is 1. The highest BCUT2D eigenvalue weighted by molar-refractivity contribution is 5.75. The minimum atomic E-state index is -0.229. The number of carbonyl (C=O) groups is 1. The molecule has 0 bridgehead atoms. The third-order valence-corrected chi connectivity index (χ3v) is 3.74. The number of nitrogens with zero attached hydrogens (tertiary/aromatic N) is 2. The maximum Gasteiger partial charge on any atom is 0.231 e. The molecule has 2 rings (SSSR count). The summed E-state index contributed by atoms with van der Waals surface area (Å²) in [7, 11) is 0. The van der Waals surface area contributed by atoms with Gasteiger partial charge in [-0.05, 0) is 31.4 Å². The zero-order valence-corrected chi connectivity index (χ0v) is 11.6. The Bertz CT molecular complexity index is 407. The lowest BCUT2D eigenvalue weighted by molar-refractivity contribution is -0.119. The SMILES string of the molecule is CCn1ccc(CNC2CCN(CC(N)=O)CC2)c1. The van der Waals surface area contributed by atoms with Crippen LogP contribution in [0.25, 0.3) is 0 Å². The second-order valence-corrected chi connectivity index (χ2v) is 5.25. The number of nitrogens with one attached hydrogen (secondary N) is 1. The van der Waals surface area contributed by atoms with E-state index in [-0.39, 0.29) is 5.91 Å². The number of likely N-dealkylation sites (tertiary alicyclic amines) is 1. The van der Waals surface area contributed by atoms with Crippen LogP contribution in [0.4, 0.5) is 0 Å². The largest absolute Gasteiger partial charge is 0.369 e. The zero-order valence-electron chi connectivity index (χ0n) is 11.6. The Morgan fingerprint density at radius 3 is 2.79 bits per heavy atom. The molecule has 106 valence electrons. The molecule has 0 radical (unpaired) electrons. The van der Waals surface area contributed by atoms with E-state index in [2.05, 4.69) is 40.2 Å². The molecule has 5 heteroatoms. The lowest BCUT2D eigenvalue weighted by atomic mass is 10.0. The fourth-order valence-corrected chi connectivity index (χ4v) is 2.57. The van der Waals surface area contributed by atoms with Crippen molar-refractivity contribution in [3.8, 4) is 0 Å². The van der Waals surface area contributed by atoms with Gasteiger partial charge in [-0.25, -0.2) is 0 Å². The predicted octanol–water partition coefficient (Wildman–Crippen LogP) is 0.547. The number of aromatic nitrogens is 1. The van der Waals surface area contributed by atoms with Gasteiger partial charge in [0.25, 0.3) is 0 Å². The fourth-order valence-electron chi connectivity index (χ4n) is 2.57. The first-order valence-corrected chi connectivity index (χ1v) is 7.06. The van der Waals surface area contributed by atoms with Gasteiger partial charge in [0, 0.05) is 44.6 Å². The van der Waals surface area contributed by atoms with E-state index in [9.17, 15) is 4.79 Å².